The average Bonchev–Trinajstić information content (AvgIpc) is 3.02. The molecule has 0 unspecified atom stereocenters. The maximum absolute atomic E-state index is 12.6. The number of amides is 2. The number of nitrogens with one attached hydrogen (secondary N) is 2. The molecule has 2 aromatic rings. The number of carbonyl (C=O) groups is 2. The summed E-state index contributed by atoms with van der Waals surface area (Å²) in [5.41, 5.74) is 1.24. The Bertz CT molecular complexity index is 1160. The summed E-state index contributed by atoms with van der Waals surface area (Å²) in [6.07, 6.45) is 0.0809. The van der Waals surface area contributed by atoms with Crippen molar-refractivity contribution in [2.75, 3.05) is 22.1 Å². The fourth-order valence-electron chi connectivity index (χ4n) is 3.08. The number of carbonyl (C=O) groups excluding carboxylic acids is 2. The molecule has 1 aliphatic rings. The lowest BCUT2D eigenvalue weighted by Crippen LogP contribution is -2.22. The van der Waals surface area contributed by atoms with Gasteiger partial charge in [-0.3, -0.25) is 9.59 Å². The molecule has 0 radical (unpaired) electrons. The number of sulfone groups is 2. The Morgan fingerprint density at radius 1 is 1.00 bits per heavy atom. The first-order valence-corrected chi connectivity index (χ1v) is 12.2. The SMILES string of the molecule is CC(=O)Nc1cccc(NC(=O)c2ccc(S(=O)(=O)[C@H]3CCS(=O)(=O)C3)cc2)c1. The van der Waals surface area contributed by atoms with Gasteiger partial charge < -0.3 is 10.6 Å². The van der Waals surface area contributed by atoms with Gasteiger partial charge in [-0.15, -0.1) is 0 Å². The van der Waals surface area contributed by atoms with Crippen LogP contribution in [0.4, 0.5) is 11.4 Å². The normalized spacial score (nSPS) is 18.2. The van der Waals surface area contributed by atoms with Gasteiger partial charge in [0.15, 0.2) is 19.7 Å². The zero-order valence-corrected chi connectivity index (χ0v) is 17.2. The number of rotatable bonds is 5. The molecule has 0 spiro atoms. The minimum absolute atomic E-state index is 0.0104. The lowest BCUT2D eigenvalue weighted by molar-refractivity contribution is -0.114. The lowest BCUT2D eigenvalue weighted by Gasteiger charge is -2.11. The highest BCUT2D eigenvalue weighted by atomic mass is 32.2. The molecular weight excluding hydrogens is 416 g/mol. The molecule has 10 heteroatoms. The second-order valence-corrected chi connectivity index (χ2v) is 11.3. The molecule has 2 N–H and O–H groups in total. The molecule has 154 valence electrons. The average molecular weight is 437 g/mol. The summed E-state index contributed by atoms with van der Waals surface area (Å²) < 4.78 is 48.4. The molecule has 2 aromatic carbocycles. The minimum atomic E-state index is -3.78. The van der Waals surface area contributed by atoms with Gasteiger partial charge in [-0.1, -0.05) is 6.07 Å². The van der Waals surface area contributed by atoms with Gasteiger partial charge in [0.2, 0.25) is 5.91 Å². The molecule has 1 fully saturated rings. The molecule has 0 bridgehead atoms. The molecule has 0 aromatic heterocycles. The second-order valence-electron chi connectivity index (χ2n) is 6.81. The first kappa shape index (κ1) is 21.0. The molecule has 3 rings (SSSR count). The van der Waals surface area contributed by atoms with Crippen molar-refractivity contribution in [3.05, 3.63) is 54.1 Å². The lowest BCUT2D eigenvalue weighted by atomic mass is 10.2. The van der Waals surface area contributed by atoms with E-state index in [-0.39, 0.29) is 34.3 Å². The highest BCUT2D eigenvalue weighted by molar-refractivity contribution is 7.96. The van der Waals surface area contributed by atoms with Gasteiger partial charge in [0, 0.05) is 23.9 Å². The zero-order chi connectivity index (χ0) is 21.2. The van der Waals surface area contributed by atoms with Gasteiger partial charge in [-0.05, 0) is 48.9 Å². The highest BCUT2D eigenvalue weighted by Gasteiger charge is 2.37. The van der Waals surface area contributed by atoms with Crippen molar-refractivity contribution in [3.8, 4) is 0 Å². The Hall–Kier alpha value is -2.72. The van der Waals surface area contributed by atoms with E-state index in [0.717, 1.165) is 0 Å². The molecule has 1 aliphatic heterocycles. The van der Waals surface area contributed by atoms with Crippen LogP contribution >= 0.6 is 0 Å². The van der Waals surface area contributed by atoms with E-state index in [1.807, 2.05) is 0 Å². The predicted molar refractivity (Wildman–Crippen MR) is 109 cm³/mol. The third kappa shape index (κ3) is 5.01. The van der Waals surface area contributed by atoms with Gasteiger partial charge in [0.1, 0.15) is 0 Å². The number of anilines is 2. The molecule has 0 saturated carbocycles. The summed E-state index contributed by atoms with van der Waals surface area (Å²) >= 11 is 0. The van der Waals surface area contributed by atoms with Crippen molar-refractivity contribution in [2.45, 2.75) is 23.5 Å². The summed E-state index contributed by atoms with van der Waals surface area (Å²) in [6, 6.07) is 12.0. The Labute approximate surface area is 169 Å². The fraction of sp³-hybridized carbons (Fsp3) is 0.263. The van der Waals surface area contributed by atoms with Gasteiger partial charge in [0.25, 0.3) is 5.91 Å². The second kappa shape index (κ2) is 7.96. The summed E-state index contributed by atoms with van der Waals surface area (Å²) in [7, 11) is -7.10. The zero-order valence-electron chi connectivity index (χ0n) is 15.6. The van der Waals surface area contributed by atoms with Crippen LogP contribution < -0.4 is 10.6 Å². The quantitative estimate of drug-likeness (QED) is 0.737. The van der Waals surface area contributed by atoms with Crippen molar-refractivity contribution in [1.82, 2.24) is 0 Å². The topological polar surface area (TPSA) is 126 Å². The summed E-state index contributed by atoms with van der Waals surface area (Å²) in [5, 5.41) is 4.34. The molecule has 0 aliphatic carbocycles. The van der Waals surface area contributed by atoms with Crippen LogP contribution in [-0.2, 0) is 24.5 Å². The third-order valence-electron chi connectivity index (χ3n) is 4.52. The number of benzene rings is 2. The van der Waals surface area contributed by atoms with Gasteiger partial charge in [-0.2, -0.15) is 0 Å². The van der Waals surface area contributed by atoms with Gasteiger partial charge in [0.05, 0.1) is 21.7 Å². The third-order valence-corrected chi connectivity index (χ3v) is 8.70. The first-order chi connectivity index (χ1) is 13.6. The molecule has 1 heterocycles. The minimum Gasteiger partial charge on any atom is -0.326 e. The fourth-order valence-corrected chi connectivity index (χ4v) is 7.44. The van der Waals surface area contributed by atoms with Crippen molar-refractivity contribution < 1.29 is 26.4 Å². The van der Waals surface area contributed by atoms with Crippen LogP contribution in [0.25, 0.3) is 0 Å². The maximum Gasteiger partial charge on any atom is 0.255 e. The predicted octanol–water partition coefficient (Wildman–Crippen LogP) is 1.86. The van der Waals surface area contributed by atoms with Crippen molar-refractivity contribution in [3.63, 3.8) is 0 Å². The monoisotopic (exact) mass is 436 g/mol. The van der Waals surface area contributed by atoms with Crippen LogP contribution in [0, 0.1) is 0 Å². The number of hydrogen-bond donors (Lipinski definition) is 2. The Kier molecular flexibility index (Phi) is 5.76. The van der Waals surface area contributed by atoms with Crippen molar-refractivity contribution >= 4 is 42.9 Å². The van der Waals surface area contributed by atoms with Gasteiger partial charge in [-0.25, -0.2) is 16.8 Å². The van der Waals surface area contributed by atoms with Crippen LogP contribution in [0.3, 0.4) is 0 Å². The van der Waals surface area contributed by atoms with Crippen LogP contribution in [0.5, 0.6) is 0 Å². The molecule has 2 amide bonds. The van der Waals surface area contributed by atoms with E-state index in [0.29, 0.717) is 11.4 Å². The Morgan fingerprint density at radius 2 is 1.62 bits per heavy atom. The smallest absolute Gasteiger partial charge is 0.255 e. The first-order valence-electron chi connectivity index (χ1n) is 8.80. The van der Waals surface area contributed by atoms with E-state index in [1.54, 1.807) is 24.3 Å². The van der Waals surface area contributed by atoms with Crippen LogP contribution in [0.1, 0.15) is 23.7 Å². The Balaban J connectivity index is 1.73. The van der Waals surface area contributed by atoms with E-state index in [4.69, 9.17) is 0 Å². The van der Waals surface area contributed by atoms with Gasteiger partial charge >= 0.3 is 0 Å². The van der Waals surface area contributed by atoms with Crippen LogP contribution in [0.2, 0.25) is 0 Å². The summed E-state index contributed by atoms with van der Waals surface area (Å²) in [4.78, 5) is 23.5. The van der Waals surface area contributed by atoms with E-state index in [1.165, 1.54) is 31.2 Å². The summed E-state index contributed by atoms with van der Waals surface area (Å²) in [6.45, 7) is 1.38. The van der Waals surface area contributed by atoms with Crippen molar-refractivity contribution in [1.29, 1.82) is 0 Å². The van der Waals surface area contributed by atoms with Crippen molar-refractivity contribution in [2.24, 2.45) is 0 Å². The molecular formula is C19H20N2O6S2. The van der Waals surface area contributed by atoms with E-state index < -0.39 is 30.8 Å². The van der Waals surface area contributed by atoms with Crippen LogP contribution in [-0.4, -0.2) is 45.4 Å². The molecule has 8 nitrogen and oxygen atoms in total. The van der Waals surface area contributed by atoms with E-state index in [2.05, 4.69) is 10.6 Å². The number of hydrogen-bond acceptors (Lipinski definition) is 6. The maximum atomic E-state index is 12.6. The highest BCUT2D eigenvalue weighted by Crippen LogP contribution is 2.26. The summed E-state index contributed by atoms with van der Waals surface area (Å²) in [5.74, 6) is -1.19. The molecule has 1 atom stereocenters. The molecule has 29 heavy (non-hydrogen) atoms. The van der Waals surface area contributed by atoms with E-state index >= 15 is 0 Å². The van der Waals surface area contributed by atoms with Crippen LogP contribution in [0.15, 0.2) is 53.4 Å². The molecule has 1 saturated heterocycles. The Morgan fingerprint density at radius 3 is 2.17 bits per heavy atom. The standard InChI is InChI=1S/C19H20N2O6S2/c1-13(22)20-15-3-2-4-16(11-15)21-19(23)14-5-7-17(8-6-14)29(26,27)18-9-10-28(24,25)12-18/h2-8,11,18H,9-10,12H2,1H3,(H,20,22)(H,21,23)/t18-/m0/s1. The largest absolute Gasteiger partial charge is 0.326 e. The van der Waals surface area contributed by atoms with E-state index in [9.17, 15) is 26.4 Å².